The van der Waals surface area contributed by atoms with E-state index in [1.807, 2.05) is 0 Å². The van der Waals surface area contributed by atoms with Crippen molar-refractivity contribution in [2.24, 2.45) is 0 Å². The number of ether oxygens (including phenoxy) is 1. The van der Waals surface area contributed by atoms with Crippen LogP contribution < -0.4 is 11.1 Å². The number of aromatic nitrogens is 2. The topological polar surface area (TPSA) is 92.0 Å². The highest BCUT2D eigenvalue weighted by molar-refractivity contribution is 5.72. The number of nitrogens with one attached hydrogen (secondary N) is 2. The molecule has 1 aromatic heterocycles. The van der Waals surface area contributed by atoms with Gasteiger partial charge in [0.2, 0.25) is 0 Å². The first-order valence-corrected chi connectivity index (χ1v) is 4.10. The molecular formula is C8H10N2O4. The summed E-state index contributed by atoms with van der Waals surface area (Å²) in [6, 6.07) is 1.08. The van der Waals surface area contributed by atoms with E-state index >= 15 is 0 Å². The van der Waals surface area contributed by atoms with E-state index in [2.05, 4.69) is 14.9 Å². The lowest BCUT2D eigenvalue weighted by Gasteiger charge is -1.99. The Morgan fingerprint density at radius 1 is 1.43 bits per heavy atom. The van der Waals surface area contributed by atoms with Gasteiger partial charge in [-0.25, -0.2) is 0 Å². The van der Waals surface area contributed by atoms with Gasteiger partial charge in [0.1, 0.15) is 0 Å². The summed E-state index contributed by atoms with van der Waals surface area (Å²) in [5.74, 6) is -0.524. The summed E-state index contributed by atoms with van der Waals surface area (Å²) in [5.41, 5.74) is -0.839. The molecule has 0 saturated carbocycles. The van der Waals surface area contributed by atoms with Crippen LogP contribution in [-0.4, -0.2) is 22.8 Å². The number of hydrogen-bond acceptors (Lipinski definition) is 4. The second kappa shape index (κ2) is 4.40. The van der Waals surface area contributed by atoms with Gasteiger partial charge in [-0.15, -0.1) is 0 Å². The number of aromatic amines is 2. The summed E-state index contributed by atoms with van der Waals surface area (Å²) in [7, 11) is 0. The van der Waals surface area contributed by atoms with Gasteiger partial charge in [-0.2, -0.15) is 0 Å². The number of H-pyrrole nitrogens is 2. The molecule has 6 heteroatoms. The molecule has 0 spiro atoms. The minimum atomic E-state index is -0.524. The monoisotopic (exact) mass is 198 g/mol. The average Bonchev–Trinajstić information content (AvgIpc) is 2.12. The van der Waals surface area contributed by atoms with E-state index in [1.54, 1.807) is 6.92 Å². The van der Waals surface area contributed by atoms with Crippen LogP contribution in [0.1, 0.15) is 12.5 Å². The van der Waals surface area contributed by atoms with E-state index in [4.69, 9.17) is 0 Å². The molecule has 14 heavy (non-hydrogen) atoms. The Kier molecular flexibility index (Phi) is 3.22. The molecule has 0 aliphatic carbocycles. The van der Waals surface area contributed by atoms with E-state index in [-0.39, 0.29) is 18.6 Å². The molecule has 0 bridgehead atoms. The highest BCUT2D eigenvalue weighted by Crippen LogP contribution is 1.90. The predicted molar refractivity (Wildman–Crippen MR) is 48.0 cm³/mol. The molecule has 1 heterocycles. The second-order valence-electron chi connectivity index (χ2n) is 2.59. The maximum absolute atomic E-state index is 11.1. The molecule has 0 fully saturated rings. The van der Waals surface area contributed by atoms with Crippen LogP contribution >= 0.6 is 0 Å². The smallest absolute Gasteiger partial charge is 0.310 e. The van der Waals surface area contributed by atoms with Crippen molar-refractivity contribution in [3.8, 4) is 0 Å². The molecule has 0 amide bonds. The largest absolute Gasteiger partial charge is 0.466 e. The third-order valence-corrected chi connectivity index (χ3v) is 1.54. The van der Waals surface area contributed by atoms with Crippen molar-refractivity contribution in [1.29, 1.82) is 0 Å². The second-order valence-corrected chi connectivity index (χ2v) is 2.59. The molecule has 0 aliphatic rings. The number of esters is 1. The number of rotatable bonds is 3. The van der Waals surface area contributed by atoms with Crippen molar-refractivity contribution < 1.29 is 9.53 Å². The summed E-state index contributed by atoms with van der Waals surface area (Å²) < 4.78 is 4.64. The van der Waals surface area contributed by atoms with Crippen molar-refractivity contribution >= 4 is 5.97 Å². The van der Waals surface area contributed by atoms with Crippen LogP contribution in [0.15, 0.2) is 15.7 Å². The highest BCUT2D eigenvalue weighted by atomic mass is 16.5. The van der Waals surface area contributed by atoms with Gasteiger partial charge in [-0.3, -0.25) is 24.6 Å². The van der Waals surface area contributed by atoms with Crippen molar-refractivity contribution in [2.45, 2.75) is 13.3 Å². The Labute approximate surface area is 78.9 Å². The zero-order valence-electron chi connectivity index (χ0n) is 7.62. The summed E-state index contributed by atoms with van der Waals surface area (Å²) in [6.45, 7) is 1.92. The molecule has 0 atom stereocenters. The zero-order chi connectivity index (χ0) is 10.6. The van der Waals surface area contributed by atoms with Crippen LogP contribution in [0.2, 0.25) is 0 Å². The van der Waals surface area contributed by atoms with Crippen LogP contribution in [0.4, 0.5) is 0 Å². The quantitative estimate of drug-likeness (QED) is 0.620. The average molecular weight is 198 g/mol. The maximum Gasteiger partial charge on any atom is 0.310 e. The summed E-state index contributed by atoms with van der Waals surface area (Å²) in [4.78, 5) is 32.9. The van der Waals surface area contributed by atoms with Crippen molar-refractivity contribution in [2.75, 3.05) is 6.61 Å². The molecule has 0 unspecified atom stereocenters. The van der Waals surface area contributed by atoms with E-state index in [1.165, 1.54) is 0 Å². The van der Waals surface area contributed by atoms with Gasteiger partial charge >= 0.3 is 5.97 Å². The standard InChI is InChI=1S/C8H10N2O4/c1-2-14-7(12)4-5-3-6(11)9-10-8(5)13/h3H,2,4H2,1H3,(H,9,11)(H,10,13). The van der Waals surface area contributed by atoms with E-state index < -0.39 is 17.1 Å². The first kappa shape index (κ1) is 10.2. The molecule has 76 valence electrons. The zero-order valence-corrected chi connectivity index (χ0v) is 7.62. The van der Waals surface area contributed by atoms with E-state index in [9.17, 15) is 14.4 Å². The Hall–Kier alpha value is -1.85. The van der Waals surface area contributed by atoms with Gasteiger partial charge in [-0.05, 0) is 6.92 Å². The van der Waals surface area contributed by atoms with E-state index in [0.717, 1.165) is 6.07 Å². The Morgan fingerprint density at radius 3 is 2.79 bits per heavy atom. The molecule has 0 aromatic carbocycles. The SMILES string of the molecule is CCOC(=O)Cc1cc(=O)[nH][nH]c1=O. The van der Waals surface area contributed by atoms with Crippen molar-refractivity contribution in [3.05, 3.63) is 32.3 Å². The van der Waals surface area contributed by atoms with Crippen molar-refractivity contribution in [1.82, 2.24) is 10.2 Å². The van der Waals surface area contributed by atoms with Crippen LogP contribution in [0.5, 0.6) is 0 Å². The fourth-order valence-corrected chi connectivity index (χ4v) is 0.957. The van der Waals surface area contributed by atoms with Crippen molar-refractivity contribution in [3.63, 3.8) is 0 Å². The molecule has 1 aromatic rings. The highest BCUT2D eigenvalue weighted by Gasteiger charge is 2.07. The Bertz CT molecular complexity index is 431. The third-order valence-electron chi connectivity index (χ3n) is 1.54. The molecule has 6 nitrogen and oxygen atoms in total. The third kappa shape index (κ3) is 2.58. The van der Waals surface area contributed by atoms with Gasteiger partial charge in [0.15, 0.2) is 0 Å². The molecule has 2 N–H and O–H groups in total. The Balaban J connectivity index is 2.86. The first-order valence-electron chi connectivity index (χ1n) is 4.10. The Morgan fingerprint density at radius 2 is 2.14 bits per heavy atom. The van der Waals surface area contributed by atoms with Crippen LogP contribution in [0.25, 0.3) is 0 Å². The minimum absolute atomic E-state index is 0.104. The summed E-state index contributed by atoms with van der Waals surface area (Å²) in [6.07, 6.45) is -0.187. The lowest BCUT2D eigenvalue weighted by atomic mass is 10.2. The minimum Gasteiger partial charge on any atom is -0.466 e. The van der Waals surface area contributed by atoms with Crippen LogP contribution in [0.3, 0.4) is 0 Å². The predicted octanol–water partition coefficient (Wildman–Crippen LogP) is -0.831. The van der Waals surface area contributed by atoms with Crippen LogP contribution in [0, 0.1) is 0 Å². The molecule has 0 saturated heterocycles. The molecular weight excluding hydrogens is 188 g/mol. The van der Waals surface area contributed by atoms with Gasteiger partial charge in [-0.1, -0.05) is 0 Å². The van der Waals surface area contributed by atoms with Gasteiger partial charge in [0.05, 0.1) is 13.0 Å². The number of carbonyl (C=O) groups excluding carboxylic acids is 1. The maximum atomic E-state index is 11.1. The van der Waals surface area contributed by atoms with Crippen LogP contribution in [-0.2, 0) is 16.0 Å². The molecule has 0 radical (unpaired) electrons. The fourth-order valence-electron chi connectivity index (χ4n) is 0.957. The van der Waals surface area contributed by atoms with Gasteiger partial charge in [0, 0.05) is 11.6 Å². The van der Waals surface area contributed by atoms with Gasteiger partial charge < -0.3 is 4.74 Å². The fraction of sp³-hybridized carbons (Fsp3) is 0.375. The normalized spacial score (nSPS) is 9.79. The van der Waals surface area contributed by atoms with Gasteiger partial charge in [0.25, 0.3) is 11.1 Å². The lowest BCUT2D eigenvalue weighted by molar-refractivity contribution is -0.142. The summed E-state index contributed by atoms with van der Waals surface area (Å²) >= 11 is 0. The molecule has 1 rings (SSSR count). The number of carbonyl (C=O) groups is 1. The number of hydrogen-bond donors (Lipinski definition) is 2. The van der Waals surface area contributed by atoms with E-state index in [0.29, 0.717) is 0 Å². The lowest BCUT2D eigenvalue weighted by Crippen LogP contribution is -2.24. The first-order chi connectivity index (χ1) is 6.63. The molecule has 0 aliphatic heterocycles. The summed E-state index contributed by atoms with van der Waals surface area (Å²) in [5, 5.41) is 4.21.